The summed E-state index contributed by atoms with van der Waals surface area (Å²) in [4.78, 5) is 0. The topological polar surface area (TPSA) is 18.5 Å². The molecule has 0 aliphatic carbocycles. The summed E-state index contributed by atoms with van der Waals surface area (Å²) < 4.78 is 9.90. The van der Waals surface area contributed by atoms with Crippen molar-refractivity contribution in [1.82, 2.24) is 0 Å². The van der Waals surface area contributed by atoms with Crippen LogP contribution in [0, 0.1) is 0 Å². The second kappa shape index (κ2) is 4.91. The van der Waals surface area contributed by atoms with E-state index in [1.54, 1.807) is 13.4 Å². The van der Waals surface area contributed by atoms with E-state index in [0.717, 1.165) is 11.3 Å². The molecule has 10 heavy (non-hydrogen) atoms. The minimum Gasteiger partial charge on any atom is -0.498 e. The van der Waals surface area contributed by atoms with Crippen LogP contribution in [0.3, 0.4) is 0 Å². The Morgan fingerprint density at radius 2 is 2.10 bits per heavy atom. The van der Waals surface area contributed by atoms with Crippen LogP contribution in [0.1, 0.15) is 13.8 Å². The molecule has 0 aliphatic heterocycles. The molecule has 58 valence electrons. The van der Waals surface area contributed by atoms with Crippen molar-refractivity contribution in [3.8, 4) is 0 Å². The molecule has 0 fully saturated rings. The van der Waals surface area contributed by atoms with E-state index in [1.807, 2.05) is 13.8 Å². The van der Waals surface area contributed by atoms with E-state index in [-0.39, 0.29) is 0 Å². The summed E-state index contributed by atoms with van der Waals surface area (Å²) in [5, 5.41) is 0. The van der Waals surface area contributed by atoms with Crippen LogP contribution in [0.4, 0.5) is 0 Å². The average molecular weight is 142 g/mol. The largest absolute Gasteiger partial charge is 0.498 e. The van der Waals surface area contributed by atoms with Gasteiger partial charge in [-0.05, 0) is 19.4 Å². The molecule has 0 aliphatic rings. The quantitative estimate of drug-likeness (QED) is 0.442. The van der Waals surface area contributed by atoms with Gasteiger partial charge in [-0.1, -0.05) is 6.58 Å². The van der Waals surface area contributed by atoms with Gasteiger partial charge in [-0.25, -0.2) is 0 Å². The van der Waals surface area contributed by atoms with Crippen molar-refractivity contribution in [2.24, 2.45) is 0 Å². The number of allylic oxidation sites excluding steroid dienone is 1. The summed E-state index contributed by atoms with van der Waals surface area (Å²) in [5.41, 5.74) is 1.00. The highest BCUT2D eigenvalue weighted by molar-refractivity contribution is 4.89. The first-order valence-electron chi connectivity index (χ1n) is 3.13. The fraction of sp³-hybridized carbons (Fsp3) is 0.500. The lowest BCUT2D eigenvalue weighted by Crippen LogP contribution is -1.89. The molecule has 2 heteroatoms. The van der Waals surface area contributed by atoms with E-state index in [0.29, 0.717) is 6.61 Å². The average Bonchev–Trinajstić information content (AvgIpc) is 1.87. The van der Waals surface area contributed by atoms with Gasteiger partial charge in [-0.3, -0.25) is 0 Å². The molecule has 0 rings (SSSR count). The molecule has 0 radical (unpaired) electrons. The van der Waals surface area contributed by atoms with Crippen molar-refractivity contribution >= 4 is 0 Å². The summed E-state index contributed by atoms with van der Waals surface area (Å²) in [7, 11) is 1.61. The van der Waals surface area contributed by atoms with Crippen molar-refractivity contribution in [2.75, 3.05) is 13.7 Å². The van der Waals surface area contributed by atoms with Crippen LogP contribution in [-0.2, 0) is 9.47 Å². The maximum Gasteiger partial charge on any atom is 0.127 e. The Balaban J connectivity index is 3.43. The molecule has 0 heterocycles. The van der Waals surface area contributed by atoms with Crippen LogP contribution in [0.25, 0.3) is 0 Å². The van der Waals surface area contributed by atoms with Crippen molar-refractivity contribution in [1.29, 1.82) is 0 Å². The Morgan fingerprint density at radius 3 is 2.50 bits per heavy atom. The second-order valence-electron chi connectivity index (χ2n) is 2.20. The highest BCUT2D eigenvalue weighted by atomic mass is 16.5. The van der Waals surface area contributed by atoms with Crippen molar-refractivity contribution in [3.05, 3.63) is 24.2 Å². The van der Waals surface area contributed by atoms with Gasteiger partial charge in [0, 0.05) is 0 Å². The highest BCUT2D eigenvalue weighted by Gasteiger charge is 1.85. The zero-order valence-corrected chi connectivity index (χ0v) is 6.81. The molecule has 0 atom stereocenters. The molecule has 0 spiro atoms. The Morgan fingerprint density at radius 1 is 1.50 bits per heavy atom. The predicted molar refractivity (Wildman–Crippen MR) is 41.5 cm³/mol. The summed E-state index contributed by atoms with van der Waals surface area (Å²) >= 11 is 0. The number of rotatable bonds is 4. The third-order valence-electron chi connectivity index (χ3n) is 0.901. The molecule has 0 saturated carbocycles. The molecular formula is C8H14O2. The van der Waals surface area contributed by atoms with E-state index in [1.165, 1.54) is 0 Å². The van der Waals surface area contributed by atoms with Gasteiger partial charge in [-0.2, -0.15) is 0 Å². The number of hydrogen-bond acceptors (Lipinski definition) is 2. The van der Waals surface area contributed by atoms with Crippen LogP contribution in [-0.4, -0.2) is 13.7 Å². The third-order valence-corrected chi connectivity index (χ3v) is 0.901. The Kier molecular flexibility index (Phi) is 4.46. The van der Waals surface area contributed by atoms with E-state index in [2.05, 4.69) is 6.58 Å². The van der Waals surface area contributed by atoms with E-state index < -0.39 is 0 Å². The minimum absolute atomic E-state index is 0.556. The fourth-order valence-electron chi connectivity index (χ4n) is 0.349. The van der Waals surface area contributed by atoms with Crippen LogP contribution in [0.15, 0.2) is 24.2 Å². The van der Waals surface area contributed by atoms with E-state index in [4.69, 9.17) is 9.47 Å². The summed E-state index contributed by atoms with van der Waals surface area (Å²) in [6, 6.07) is 0. The standard InChI is InChI=1S/C8H14O2/c1-7(2)5-10-6-8(3)9-4/h6H,1,5H2,2-4H3. The van der Waals surface area contributed by atoms with Crippen molar-refractivity contribution < 1.29 is 9.47 Å². The zero-order valence-electron chi connectivity index (χ0n) is 6.81. The molecular weight excluding hydrogens is 128 g/mol. The van der Waals surface area contributed by atoms with Crippen LogP contribution in [0.5, 0.6) is 0 Å². The Bertz CT molecular complexity index is 136. The summed E-state index contributed by atoms with van der Waals surface area (Å²) in [6.45, 7) is 7.98. The molecule has 0 unspecified atom stereocenters. The van der Waals surface area contributed by atoms with Crippen LogP contribution < -0.4 is 0 Å². The van der Waals surface area contributed by atoms with E-state index in [9.17, 15) is 0 Å². The molecule has 0 aromatic heterocycles. The van der Waals surface area contributed by atoms with Crippen molar-refractivity contribution in [2.45, 2.75) is 13.8 Å². The zero-order chi connectivity index (χ0) is 7.98. The number of methoxy groups -OCH3 is 1. The van der Waals surface area contributed by atoms with Gasteiger partial charge < -0.3 is 9.47 Å². The monoisotopic (exact) mass is 142 g/mol. The molecule has 0 aromatic carbocycles. The SMILES string of the molecule is C=C(C)COC=C(C)OC. The molecule has 0 saturated heterocycles. The van der Waals surface area contributed by atoms with Gasteiger partial charge in [-0.15, -0.1) is 0 Å². The Labute approximate surface area is 62.1 Å². The first-order chi connectivity index (χ1) is 4.66. The van der Waals surface area contributed by atoms with Gasteiger partial charge in [0.15, 0.2) is 0 Å². The molecule has 0 aromatic rings. The molecule has 0 N–H and O–H groups in total. The summed E-state index contributed by atoms with van der Waals surface area (Å²) in [6.07, 6.45) is 1.58. The Hall–Kier alpha value is -0.920. The second-order valence-corrected chi connectivity index (χ2v) is 2.20. The fourth-order valence-corrected chi connectivity index (χ4v) is 0.349. The minimum atomic E-state index is 0.556. The maximum absolute atomic E-state index is 5.06. The lowest BCUT2D eigenvalue weighted by atomic mass is 10.4. The van der Waals surface area contributed by atoms with Crippen LogP contribution in [0.2, 0.25) is 0 Å². The van der Waals surface area contributed by atoms with Gasteiger partial charge in [0.05, 0.1) is 7.11 Å². The molecule has 0 bridgehead atoms. The first kappa shape index (κ1) is 9.08. The van der Waals surface area contributed by atoms with E-state index >= 15 is 0 Å². The summed E-state index contributed by atoms with van der Waals surface area (Å²) in [5.74, 6) is 0.765. The smallest absolute Gasteiger partial charge is 0.127 e. The molecule has 2 nitrogen and oxygen atoms in total. The normalized spacial score (nSPS) is 10.9. The number of hydrogen-bond donors (Lipinski definition) is 0. The van der Waals surface area contributed by atoms with Gasteiger partial charge >= 0.3 is 0 Å². The van der Waals surface area contributed by atoms with Gasteiger partial charge in [0.25, 0.3) is 0 Å². The first-order valence-corrected chi connectivity index (χ1v) is 3.13. The lowest BCUT2D eigenvalue weighted by molar-refractivity contribution is 0.228. The highest BCUT2D eigenvalue weighted by Crippen LogP contribution is 1.95. The van der Waals surface area contributed by atoms with Gasteiger partial charge in [0.2, 0.25) is 0 Å². The maximum atomic E-state index is 5.06. The molecule has 0 amide bonds. The van der Waals surface area contributed by atoms with Crippen LogP contribution >= 0.6 is 0 Å². The lowest BCUT2D eigenvalue weighted by Gasteiger charge is -2.01. The van der Waals surface area contributed by atoms with Gasteiger partial charge in [0.1, 0.15) is 18.6 Å². The number of ether oxygens (including phenoxy) is 2. The third kappa shape index (κ3) is 5.22. The predicted octanol–water partition coefficient (Wildman–Crippen LogP) is 2.09. The van der Waals surface area contributed by atoms with Crippen molar-refractivity contribution in [3.63, 3.8) is 0 Å².